The van der Waals surface area contributed by atoms with Gasteiger partial charge in [-0.05, 0) is 19.4 Å². The van der Waals surface area contributed by atoms with E-state index in [0.29, 0.717) is 25.9 Å². The zero-order chi connectivity index (χ0) is 34.3. The number of nitrogens with zero attached hydrogens (tertiary/aromatic N) is 1. The summed E-state index contributed by atoms with van der Waals surface area (Å²) < 4.78 is 0. The minimum Gasteiger partial charge on any atom is -0.355 e. The van der Waals surface area contributed by atoms with Gasteiger partial charge in [0.2, 0.25) is 11.8 Å². The van der Waals surface area contributed by atoms with Gasteiger partial charge in [0.15, 0.2) is 0 Å². The van der Waals surface area contributed by atoms with Gasteiger partial charge in [0.1, 0.15) is 0 Å². The van der Waals surface area contributed by atoms with Crippen LogP contribution in [0.1, 0.15) is 226 Å². The number of rotatable bonds is 39. The first-order valence-electron chi connectivity index (χ1n) is 21.4. The average Bonchev–Trinajstić information content (AvgIpc) is 3.07. The van der Waals surface area contributed by atoms with Crippen molar-refractivity contribution in [2.45, 2.75) is 226 Å². The zero-order valence-corrected chi connectivity index (χ0v) is 32.4. The van der Waals surface area contributed by atoms with Crippen LogP contribution in [0.4, 0.5) is 0 Å². The van der Waals surface area contributed by atoms with Gasteiger partial charge < -0.3 is 15.5 Å². The predicted molar refractivity (Wildman–Crippen MR) is 207 cm³/mol. The van der Waals surface area contributed by atoms with Crippen LogP contribution in [-0.2, 0) is 9.59 Å². The molecule has 280 valence electrons. The van der Waals surface area contributed by atoms with Gasteiger partial charge >= 0.3 is 0 Å². The standard InChI is InChI=1S/C42H85N3O2/c1-4-7-9-11-13-15-17-19-21-23-25-27-29-31-33-35-41(46)43-37-39-45(6-3)40-38-44-42(47)36-34-32-30-28-26-24-22-20-18-16-14-12-10-8-5-2/h4-40H2,1-3H3,(H,43,46)(H,44,47). The van der Waals surface area contributed by atoms with E-state index in [-0.39, 0.29) is 11.8 Å². The van der Waals surface area contributed by atoms with E-state index in [4.69, 9.17) is 0 Å². The Labute approximate surface area is 295 Å². The molecule has 0 aliphatic carbocycles. The third kappa shape index (κ3) is 37.6. The van der Waals surface area contributed by atoms with E-state index < -0.39 is 0 Å². The molecule has 0 bridgehead atoms. The summed E-state index contributed by atoms with van der Waals surface area (Å²) >= 11 is 0. The lowest BCUT2D eigenvalue weighted by atomic mass is 10.0. The first-order valence-corrected chi connectivity index (χ1v) is 21.4. The molecule has 0 fully saturated rings. The van der Waals surface area contributed by atoms with E-state index in [9.17, 15) is 9.59 Å². The molecule has 0 unspecified atom stereocenters. The Morgan fingerprint density at radius 2 is 0.596 bits per heavy atom. The molecule has 47 heavy (non-hydrogen) atoms. The molecule has 5 heteroatoms. The summed E-state index contributed by atoms with van der Waals surface area (Å²) in [4.78, 5) is 26.8. The summed E-state index contributed by atoms with van der Waals surface area (Å²) in [5.41, 5.74) is 0. The van der Waals surface area contributed by atoms with Crippen molar-refractivity contribution >= 4 is 11.8 Å². The number of likely N-dealkylation sites (N-methyl/N-ethyl adjacent to an activating group) is 1. The summed E-state index contributed by atoms with van der Waals surface area (Å²) in [6, 6.07) is 0. The van der Waals surface area contributed by atoms with Crippen LogP contribution in [0.25, 0.3) is 0 Å². The normalized spacial score (nSPS) is 11.4. The van der Waals surface area contributed by atoms with Crippen LogP contribution >= 0.6 is 0 Å². The molecule has 5 nitrogen and oxygen atoms in total. The lowest BCUT2D eigenvalue weighted by molar-refractivity contribution is -0.121. The van der Waals surface area contributed by atoms with Crippen LogP contribution in [0.3, 0.4) is 0 Å². The van der Waals surface area contributed by atoms with E-state index >= 15 is 0 Å². The van der Waals surface area contributed by atoms with Crippen LogP contribution in [0.2, 0.25) is 0 Å². The molecule has 2 N–H and O–H groups in total. The number of hydrogen-bond donors (Lipinski definition) is 2. The lowest BCUT2D eigenvalue weighted by Gasteiger charge is -2.20. The fourth-order valence-corrected chi connectivity index (χ4v) is 6.63. The molecule has 0 spiro atoms. The predicted octanol–water partition coefficient (Wildman–Crippen LogP) is 12.1. The maximum absolute atomic E-state index is 12.2. The Bertz CT molecular complexity index is 589. The van der Waals surface area contributed by atoms with Crippen molar-refractivity contribution in [2.75, 3.05) is 32.7 Å². The maximum atomic E-state index is 12.2. The van der Waals surface area contributed by atoms with E-state index in [1.54, 1.807) is 0 Å². The van der Waals surface area contributed by atoms with Gasteiger partial charge in [-0.1, -0.05) is 201 Å². The number of nitrogens with one attached hydrogen (secondary N) is 2. The zero-order valence-electron chi connectivity index (χ0n) is 32.4. The SMILES string of the molecule is CCCCCCCCCCCCCCCCCC(=O)NCCN(CC)CCNC(=O)CCCCCCCCCCCCCCCCC. The number of unbranched alkanes of at least 4 members (excludes halogenated alkanes) is 28. The topological polar surface area (TPSA) is 61.4 Å². The van der Waals surface area contributed by atoms with E-state index in [1.807, 2.05) is 0 Å². The van der Waals surface area contributed by atoms with Crippen molar-refractivity contribution in [1.82, 2.24) is 15.5 Å². The van der Waals surface area contributed by atoms with E-state index in [1.165, 1.54) is 180 Å². The van der Waals surface area contributed by atoms with E-state index in [2.05, 4.69) is 36.3 Å². The second-order valence-corrected chi connectivity index (χ2v) is 14.5. The molecule has 0 aliphatic heterocycles. The molecule has 0 aromatic carbocycles. The van der Waals surface area contributed by atoms with E-state index in [0.717, 1.165) is 32.5 Å². The smallest absolute Gasteiger partial charge is 0.220 e. The highest BCUT2D eigenvalue weighted by atomic mass is 16.2. The van der Waals surface area contributed by atoms with Gasteiger partial charge in [0, 0.05) is 39.0 Å². The molecule has 0 saturated carbocycles. The summed E-state index contributed by atoms with van der Waals surface area (Å²) in [5.74, 6) is 0.375. The third-order valence-corrected chi connectivity index (χ3v) is 9.96. The van der Waals surface area contributed by atoms with Gasteiger partial charge in [-0.25, -0.2) is 0 Å². The largest absolute Gasteiger partial charge is 0.355 e. The monoisotopic (exact) mass is 664 g/mol. The number of carbonyl (C=O) groups is 2. The third-order valence-electron chi connectivity index (χ3n) is 9.96. The molecule has 2 amide bonds. The van der Waals surface area contributed by atoms with Gasteiger partial charge in [0.25, 0.3) is 0 Å². The summed E-state index contributed by atoms with van der Waals surface area (Å²) in [6.45, 7) is 10.7. The Balaban J connectivity index is 3.46. The molecule has 0 aliphatic rings. The van der Waals surface area contributed by atoms with Crippen molar-refractivity contribution in [1.29, 1.82) is 0 Å². The molecule has 0 aromatic heterocycles. The van der Waals surface area contributed by atoms with Crippen LogP contribution in [0.15, 0.2) is 0 Å². The molecular weight excluding hydrogens is 578 g/mol. The average molecular weight is 664 g/mol. The Kier molecular flexibility index (Phi) is 38.4. The summed E-state index contributed by atoms with van der Waals surface area (Å²) in [6.07, 6.45) is 41.7. The van der Waals surface area contributed by atoms with Crippen LogP contribution in [0.5, 0.6) is 0 Å². The molecule has 0 aromatic rings. The minimum absolute atomic E-state index is 0.188. The second kappa shape index (κ2) is 39.3. The van der Waals surface area contributed by atoms with Gasteiger partial charge in [-0.2, -0.15) is 0 Å². The molecular formula is C42H85N3O2. The molecule has 0 atom stereocenters. The minimum atomic E-state index is 0.188. The Morgan fingerprint density at radius 1 is 0.362 bits per heavy atom. The van der Waals surface area contributed by atoms with Gasteiger partial charge in [0.05, 0.1) is 0 Å². The first kappa shape index (κ1) is 45.9. The van der Waals surface area contributed by atoms with Crippen molar-refractivity contribution in [2.24, 2.45) is 0 Å². The van der Waals surface area contributed by atoms with Crippen LogP contribution in [0, 0.1) is 0 Å². The first-order chi connectivity index (χ1) is 23.1. The fourth-order valence-electron chi connectivity index (χ4n) is 6.63. The second-order valence-electron chi connectivity index (χ2n) is 14.5. The van der Waals surface area contributed by atoms with Gasteiger partial charge in [-0.15, -0.1) is 0 Å². The van der Waals surface area contributed by atoms with Crippen LogP contribution in [-0.4, -0.2) is 49.4 Å². The van der Waals surface area contributed by atoms with Crippen molar-refractivity contribution in [3.8, 4) is 0 Å². The highest BCUT2D eigenvalue weighted by molar-refractivity contribution is 5.76. The van der Waals surface area contributed by atoms with Crippen molar-refractivity contribution < 1.29 is 9.59 Å². The van der Waals surface area contributed by atoms with Crippen molar-refractivity contribution in [3.63, 3.8) is 0 Å². The molecule has 0 saturated heterocycles. The molecule has 0 rings (SSSR count). The molecule has 0 heterocycles. The number of amides is 2. The van der Waals surface area contributed by atoms with Gasteiger partial charge in [-0.3, -0.25) is 9.59 Å². The van der Waals surface area contributed by atoms with Crippen molar-refractivity contribution in [3.05, 3.63) is 0 Å². The Hall–Kier alpha value is -1.10. The fraction of sp³-hybridized carbons (Fsp3) is 0.952. The van der Waals surface area contributed by atoms with Crippen LogP contribution < -0.4 is 10.6 Å². The quantitative estimate of drug-likeness (QED) is 0.0643. The highest BCUT2D eigenvalue weighted by Crippen LogP contribution is 2.15. The maximum Gasteiger partial charge on any atom is 0.220 e. The summed E-state index contributed by atoms with van der Waals surface area (Å²) in [7, 11) is 0. The number of hydrogen-bond acceptors (Lipinski definition) is 3. The number of carbonyl (C=O) groups excluding carboxylic acids is 2. The summed E-state index contributed by atoms with van der Waals surface area (Å²) in [5, 5.41) is 6.20. The highest BCUT2D eigenvalue weighted by Gasteiger charge is 2.07. The molecule has 0 radical (unpaired) electrons. The lowest BCUT2D eigenvalue weighted by Crippen LogP contribution is -2.39. The Morgan fingerprint density at radius 3 is 0.830 bits per heavy atom.